The van der Waals surface area contributed by atoms with E-state index in [9.17, 15) is 4.79 Å². The minimum absolute atomic E-state index is 0.0560. The minimum atomic E-state index is -0.819. The lowest BCUT2D eigenvalue weighted by atomic mass is 10.3. The molecule has 0 saturated carbocycles. The first-order chi connectivity index (χ1) is 10.1. The Morgan fingerprint density at radius 2 is 1.86 bits per heavy atom. The zero-order valence-electron chi connectivity index (χ0n) is 10.5. The van der Waals surface area contributed by atoms with Crippen LogP contribution in [0, 0.1) is 0 Å². The van der Waals surface area contributed by atoms with Crippen molar-refractivity contribution in [2.45, 2.75) is 0 Å². The fourth-order valence-corrected chi connectivity index (χ4v) is 1.63. The summed E-state index contributed by atoms with van der Waals surface area (Å²) in [5.74, 6) is -0.167. The molecule has 1 amide bonds. The predicted octanol–water partition coefficient (Wildman–Crippen LogP) is 2.65. The Bertz CT molecular complexity index is 676. The van der Waals surface area contributed by atoms with Crippen LogP contribution in [0.4, 0.5) is 10.5 Å². The molecule has 1 aromatic heterocycles. The predicted molar refractivity (Wildman–Crippen MR) is 79.3 cm³/mol. The molecule has 2 aromatic rings. The summed E-state index contributed by atoms with van der Waals surface area (Å²) in [6.45, 7) is 0. The number of carbonyl (C=O) groups excluding carboxylic acids is 1. The van der Waals surface area contributed by atoms with Crippen molar-refractivity contribution in [3.63, 3.8) is 0 Å². The second-order valence-corrected chi connectivity index (χ2v) is 4.48. The number of nitrogens with zero attached hydrogens (tertiary/aromatic N) is 3. The van der Waals surface area contributed by atoms with Gasteiger partial charge in [-0.2, -0.15) is 0 Å². The van der Waals surface area contributed by atoms with Gasteiger partial charge in [0.1, 0.15) is 5.69 Å². The van der Waals surface area contributed by atoms with Crippen molar-refractivity contribution in [1.29, 1.82) is 0 Å². The van der Waals surface area contributed by atoms with E-state index in [0.717, 1.165) is 0 Å². The zero-order chi connectivity index (χ0) is 15.2. The Kier molecular flexibility index (Phi) is 4.91. The van der Waals surface area contributed by atoms with Crippen molar-refractivity contribution in [3.8, 4) is 0 Å². The minimum Gasteiger partial charge on any atom is -0.379 e. The number of nitrogens with one attached hydrogen (secondary N) is 1. The van der Waals surface area contributed by atoms with Gasteiger partial charge >= 0.3 is 6.09 Å². The number of oxime groups is 1. The third-order valence-corrected chi connectivity index (χ3v) is 2.74. The molecular weight excluding hydrogens is 317 g/mol. The van der Waals surface area contributed by atoms with Gasteiger partial charge in [-0.15, -0.1) is 0 Å². The van der Waals surface area contributed by atoms with Crippen LogP contribution in [0.1, 0.15) is 5.69 Å². The van der Waals surface area contributed by atoms with E-state index >= 15 is 0 Å². The maximum Gasteiger partial charge on any atom is 0.437 e. The maximum absolute atomic E-state index is 11.5. The smallest absolute Gasteiger partial charge is 0.379 e. The number of rotatable bonds is 3. The van der Waals surface area contributed by atoms with Gasteiger partial charge in [0, 0.05) is 23.1 Å². The van der Waals surface area contributed by atoms with Crippen molar-refractivity contribution in [1.82, 2.24) is 9.97 Å². The molecule has 21 heavy (non-hydrogen) atoms. The molecule has 108 valence electrons. The molecular formula is C12H9Cl2N5O2. The first kappa shape index (κ1) is 15.0. The lowest BCUT2D eigenvalue weighted by molar-refractivity contribution is 0.166. The summed E-state index contributed by atoms with van der Waals surface area (Å²) in [6, 6.07) is 6.45. The van der Waals surface area contributed by atoms with Gasteiger partial charge in [-0.05, 0) is 24.3 Å². The highest BCUT2D eigenvalue weighted by Gasteiger charge is 2.09. The number of hydrogen-bond acceptors (Lipinski definition) is 5. The number of aromatic nitrogens is 2. The topological polar surface area (TPSA) is 102 Å². The first-order valence-electron chi connectivity index (χ1n) is 5.60. The normalized spacial score (nSPS) is 11.0. The average Bonchev–Trinajstić information content (AvgIpc) is 2.48. The molecule has 0 aliphatic heterocycles. The Morgan fingerprint density at radius 1 is 1.19 bits per heavy atom. The Balaban J connectivity index is 1.98. The summed E-state index contributed by atoms with van der Waals surface area (Å²) < 4.78 is 0. The molecule has 0 radical (unpaired) electrons. The molecule has 0 atom stereocenters. The molecule has 0 spiro atoms. The molecule has 0 fully saturated rings. The second kappa shape index (κ2) is 6.87. The van der Waals surface area contributed by atoms with Crippen LogP contribution in [0.2, 0.25) is 10.2 Å². The Labute approximate surface area is 129 Å². The van der Waals surface area contributed by atoms with E-state index in [1.807, 2.05) is 0 Å². The molecule has 9 heteroatoms. The van der Waals surface area contributed by atoms with Gasteiger partial charge in [0.15, 0.2) is 11.0 Å². The molecule has 1 aromatic carbocycles. The van der Waals surface area contributed by atoms with Crippen LogP contribution < -0.4 is 11.1 Å². The van der Waals surface area contributed by atoms with Crippen LogP contribution in [0.25, 0.3) is 0 Å². The number of anilines is 1. The highest BCUT2D eigenvalue weighted by atomic mass is 35.5. The first-order valence-corrected chi connectivity index (χ1v) is 6.36. The molecule has 3 N–H and O–H groups in total. The third kappa shape index (κ3) is 4.30. The number of hydrogen-bond donors (Lipinski definition) is 2. The van der Waals surface area contributed by atoms with Crippen molar-refractivity contribution < 1.29 is 9.63 Å². The van der Waals surface area contributed by atoms with E-state index in [2.05, 4.69) is 25.3 Å². The molecule has 0 aliphatic carbocycles. The summed E-state index contributed by atoms with van der Waals surface area (Å²) in [7, 11) is 0. The lowest BCUT2D eigenvalue weighted by Crippen LogP contribution is -2.19. The molecule has 0 saturated heterocycles. The van der Waals surface area contributed by atoms with Crippen LogP contribution >= 0.6 is 23.2 Å². The fourth-order valence-electron chi connectivity index (χ4n) is 1.30. The Hall–Kier alpha value is -2.38. The summed E-state index contributed by atoms with van der Waals surface area (Å²) in [6.07, 6.45) is 1.96. The van der Waals surface area contributed by atoms with Gasteiger partial charge in [-0.1, -0.05) is 28.4 Å². The van der Waals surface area contributed by atoms with Gasteiger partial charge in [0.2, 0.25) is 0 Å². The zero-order valence-corrected chi connectivity index (χ0v) is 12.0. The number of amidine groups is 1. The van der Waals surface area contributed by atoms with Crippen LogP contribution in [-0.2, 0) is 4.84 Å². The molecule has 2 rings (SSSR count). The monoisotopic (exact) mass is 325 g/mol. The van der Waals surface area contributed by atoms with E-state index in [1.165, 1.54) is 12.4 Å². The highest BCUT2D eigenvalue weighted by molar-refractivity contribution is 6.32. The van der Waals surface area contributed by atoms with E-state index in [4.69, 9.17) is 28.9 Å². The fraction of sp³-hybridized carbons (Fsp3) is 0. The molecule has 0 unspecified atom stereocenters. The van der Waals surface area contributed by atoms with Crippen molar-refractivity contribution >= 4 is 40.8 Å². The van der Waals surface area contributed by atoms with E-state index in [1.54, 1.807) is 24.3 Å². The lowest BCUT2D eigenvalue weighted by Gasteiger charge is -2.04. The van der Waals surface area contributed by atoms with E-state index in [0.29, 0.717) is 10.7 Å². The van der Waals surface area contributed by atoms with Crippen LogP contribution in [-0.4, -0.2) is 21.9 Å². The molecule has 0 aliphatic rings. The van der Waals surface area contributed by atoms with Crippen LogP contribution in [0.15, 0.2) is 41.8 Å². The molecule has 7 nitrogen and oxygen atoms in total. The van der Waals surface area contributed by atoms with Gasteiger partial charge in [-0.3, -0.25) is 10.2 Å². The van der Waals surface area contributed by atoms with Crippen LogP contribution in [0.5, 0.6) is 0 Å². The van der Waals surface area contributed by atoms with Gasteiger partial charge < -0.3 is 5.73 Å². The summed E-state index contributed by atoms with van der Waals surface area (Å²) >= 11 is 11.5. The largest absolute Gasteiger partial charge is 0.437 e. The molecule has 1 heterocycles. The number of halogens is 2. The van der Waals surface area contributed by atoms with Gasteiger partial charge in [-0.25, -0.2) is 14.8 Å². The SMILES string of the molecule is NC(=NOC(=O)Nc1ccc(Cl)cc1)c1nccnc1Cl. The Morgan fingerprint density at radius 3 is 2.52 bits per heavy atom. The summed E-state index contributed by atoms with van der Waals surface area (Å²) in [5.41, 5.74) is 6.22. The average molecular weight is 326 g/mol. The third-order valence-electron chi connectivity index (χ3n) is 2.21. The number of nitrogens with two attached hydrogens (primary N) is 1. The van der Waals surface area contributed by atoms with Gasteiger partial charge in [0.05, 0.1) is 0 Å². The number of amides is 1. The summed E-state index contributed by atoms with van der Waals surface area (Å²) in [5, 5.41) is 6.48. The quantitative estimate of drug-likeness (QED) is 0.391. The maximum atomic E-state index is 11.5. The standard InChI is InChI=1S/C12H9Cl2N5O2/c13-7-1-3-8(4-2-7)18-12(20)21-19-11(15)9-10(14)17-6-5-16-9/h1-6H,(H2,15,19)(H,18,20). The number of carbonyl (C=O) groups is 1. The highest BCUT2D eigenvalue weighted by Crippen LogP contribution is 2.13. The number of benzene rings is 1. The molecule has 0 bridgehead atoms. The van der Waals surface area contributed by atoms with Gasteiger partial charge in [0.25, 0.3) is 0 Å². The van der Waals surface area contributed by atoms with Crippen molar-refractivity contribution in [2.24, 2.45) is 10.9 Å². The van der Waals surface area contributed by atoms with Crippen molar-refractivity contribution in [3.05, 3.63) is 52.5 Å². The van der Waals surface area contributed by atoms with Crippen LogP contribution in [0.3, 0.4) is 0 Å². The van der Waals surface area contributed by atoms with E-state index < -0.39 is 6.09 Å². The summed E-state index contributed by atoms with van der Waals surface area (Å²) in [4.78, 5) is 23.8. The van der Waals surface area contributed by atoms with Crippen molar-refractivity contribution in [2.75, 3.05) is 5.32 Å². The second-order valence-electron chi connectivity index (χ2n) is 3.68. The van der Waals surface area contributed by atoms with E-state index in [-0.39, 0.29) is 16.7 Å².